The monoisotopic (exact) mass is 303 g/mol. The molecule has 0 atom stereocenters. The summed E-state index contributed by atoms with van der Waals surface area (Å²) in [6, 6.07) is 3.60. The van der Waals surface area contributed by atoms with Gasteiger partial charge in [-0.1, -0.05) is 0 Å². The molecule has 21 heavy (non-hydrogen) atoms. The average molecular weight is 303 g/mol. The Kier molecular flexibility index (Phi) is 4.95. The van der Waals surface area contributed by atoms with E-state index in [1.54, 1.807) is 0 Å². The SMILES string of the molecule is CN1CCN(CCOc2ccc(N)cc2C(F)(F)F)CC1. The zero-order chi connectivity index (χ0) is 15.5. The van der Waals surface area contributed by atoms with Crippen LogP contribution >= 0.6 is 0 Å². The van der Waals surface area contributed by atoms with Gasteiger partial charge in [-0.2, -0.15) is 13.2 Å². The molecule has 0 saturated carbocycles. The number of benzene rings is 1. The highest BCUT2D eigenvalue weighted by Crippen LogP contribution is 2.37. The molecule has 1 aromatic rings. The van der Waals surface area contributed by atoms with Crippen molar-refractivity contribution in [1.82, 2.24) is 9.80 Å². The van der Waals surface area contributed by atoms with Crippen molar-refractivity contribution in [3.05, 3.63) is 23.8 Å². The van der Waals surface area contributed by atoms with E-state index in [0.717, 1.165) is 32.2 Å². The van der Waals surface area contributed by atoms with Gasteiger partial charge in [0.1, 0.15) is 12.4 Å². The van der Waals surface area contributed by atoms with Gasteiger partial charge in [0.25, 0.3) is 0 Å². The molecule has 0 aliphatic carbocycles. The van der Waals surface area contributed by atoms with Crippen molar-refractivity contribution in [2.75, 3.05) is 52.1 Å². The molecule has 0 aromatic heterocycles. The summed E-state index contributed by atoms with van der Waals surface area (Å²) in [5, 5.41) is 0. The molecule has 1 fully saturated rings. The summed E-state index contributed by atoms with van der Waals surface area (Å²) in [5.74, 6) is -0.161. The first-order valence-corrected chi connectivity index (χ1v) is 6.86. The minimum Gasteiger partial charge on any atom is -0.492 e. The van der Waals surface area contributed by atoms with Gasteiger partial charge in [0.2, 0.25) is 0 Å². The number of alkyl halides is 3. The normalized spacial score (nSPS) is 17.9. The Balaban J connectivity index is 1.91. The number of likely N-dealkylation sites (N-methyl/N-ethyl adjacent to an activating group) is 1. The molecule has 0 amide bonds. The van der Waals surface area contributed by atoms with Crippen molar-refractivity contribution in [2.24, 2.45) is 0 Å². The number of nitrogen functional groups attached to an aromatic ring is 1. The largest absolute Gasteiger partial charge is 0.492 e. The number of anilines is 1. The maximum absolute atomic E-state index is 12.9. The zero-order valence-electron chi connectivity index (χ0n) is 12.0. The van der Waals surface area contributed by atoms with Crippen LogP contribution in [-0.2, 0) is 6.18 Å². The fraction of sp³-hybridized carbons (Fsp3) is 0.571. The molecule has 2 rings (SSSR count). The maximum Gasteiger partial charge on any atom is 0.420 e. The highest BCUT2D eigenvalue weighted by Gasteiger charge is 2.34. The zero-order valence-corrected chi connectivity index (χ0v) is 12.0. The third kappa shape index (κ3) is 4.50. The number of rotatable bonds is 4. The minimum atomic E-state index is -4.46. The standard InChI is InChI=1S/C14H20F3N3O/c1-19-4-6-20(7-5-19)8-9-21-13-3-2-11(18)10-12(13)14(15,16)17/h2-3,10H,4-9,18H2,1H3. The van der Waals surface area contributed by atoms with E-state index in [1.165, 1.54) is 12.1 Å². The fourth-order valence-corrected chi connectivity index (χ4v) is 2.25. The number of nitrogens with zero attached hydrogens (tertiary/aromatic N) is 2. The van der Waals surface area contributed by atoms with Crippen molar-refractivity contribution in [3.63, 3.8) is 0 Å². The predicted molar refractivity (Wildman–Crippen MR) is 75.3 cm³/mol. The van der Waals surface area contributed by atoms with Crippen molar-refractivity contribution >= 4 is 5.69 Å². The number of hydrogen-bond donors (Lipinski definition) is 1. The van der Waals surface area contributed by atoms with Gasteiger partial charge < -0.3 is 15.4 Å². The van der Waals surface area contributed by atoms with Gasteiger partial charge in [-0.3, -0.25) is 4.90 Å². The molecular formula is C14H20F3N3O. The molecule has 1 saturated heterocycles. The first kappa shape index (κ1) is 15.9. The lowest BCUT2D eigenvalue weighted by Crippen LogP contribution is -2.45. The van der Waals surface area contributed by atoms with Crippen LogP contribution in [0.5, 0.6) is 5.75 Å². The highest BCUT2D eigenvalue weighted by molar-refractivity contribution is 5.49. The third-order valence-corrected chi connectivity index (χ3v) is 3.57. The van der Waals surface area contributed by atoms with Gasteiger partial charge in [-0.25, -0.2) is 0 Å². The Morgan fingerprint density at radius 3 is 2.48 bits per heavy atom. The van der Waals surface area contributed by atoms with E-state index < -0.39 is 11.7 Å². The van der Waals surface area contributed by atoms with E-state index >= 15 is 0 Å². The van der Waals surface area contributed by atoms with Crippen LogP contribution < -0.4 is 10.5 Å². The average Bonchev–Trinajstić information content (AvgIpc) is 2.41. The molecule has 1 aromatic carbocycles. The summed E-state index contributed by atoms with van der Waals surface area (Å²) in [6.45, 7) is 4.61. The molecule has 4 nitrogen and oxygen atoms in total. The summed E-state index contributed by atoms with van der Waals surface area (Å²) in [6.07, 6.45) is -4.46. The van der Waals surface area contributed by atoms with Crippen LogP contribution in [0.1, 0.15) is 5.56 Å². The molecule has 0 radical (unpaired) electrons. The lowest BCUT2D eigenvalue weighted by atomic mass is 10.1. The number of piperazine rings is 1. The first-order chi connectivity index (χ1) is 9.86. The molecule has 0 bridgehead atoms. The van der Waals surface area contributed by atoms with Crippen molar-refractivity contribution in [3.8, 4) is 5.75 Å². The quantitative estimate of drug-likeness (QED) is 0.863. The van der Waals surface area contributed by atoms with Crippen LogP contribution in [-0.4, -0.2) is 56.2 Å². The Hall–Kier alpha value is -1.47. The van der Waals surface area contributed by atoms with Crippen LogP contribution in [0, 0.1) is 0 Å². The van der Waals surface area contributed by atoms with E-state index in [0.29, 0.717) is 6.54 Å². The van der Waals surface area contributed by atoms with E-state index in [-0.39, 0.29) is 18.0 Å². The maximum atomic E-state index is 12.9. The van der Waals surface area contributed by atoms with Crippen LogP contribution in [0.2, 0.25) is 0 Å². The predicted octanol–water partition coefficient (Wildman–Crippen LogP) is 1.91. The van der Waals surface area contributed by atoms with Gasteiger partial charge in [-0.15, -0.1) is 0 Å². The molecule has 0 unspecified atom stereocenters. The summed E-state index contributed by atoms with van der Waals surface area (Å²) in [7, 11) is 2.05. The Morgan fingerprint density at radius 2 is 1.86 bits per heavy atom. The molecule has 1 aliphatic heterocycles. The second-order valence-corrected chi connectivity index (χ2v) is 5.25. The third-order valence-electron chi connectivity index (χ3n) is 3.57. The van der Waals surface area contributed by atoms with Gasteiger partial charge >= 0.3 is 6.18 Å². The Bertz CT molecular complexity index is 471. The van der Waals surface area contributed by atoms with E-state index in [4.69, 9.17) is 10.5 Å². The van der Waals surface area contributed by atoms with E-state index in [1.807, 2.05) is 0 Å². The second-order valence-electron chi connectivity index (χ2n) is 5.25. The highest BCUT2D eigenvalue weighted by atomic mass is 19.4. The number of nitrogens with two attached hydrogens (primary N) is 1. The van der Waals surface area contributed by atoms with Gasteiger partial charge in [0.15, 0.2) is 0 Å². The minimum absolute atomic E-state index is 0.0775. The molecule has 7 heteroatoms. The van der Waals surface area contributed by atoms with Gasteiger partial charge in [0.05, 0.1) is 5.56 Å². The molecule has 1 heterocycles. The lowest BCUT2D eigenvalue weighted by molar-refractivity contribution is -0.138. The molecule has 1 aliphatic rings. The molecule has 0 spiro atoms. The summed E-state index contributed by atoms with van der Waals surface area (Å²) in [4.78, 5) is 4.41. The molecular weight excluding hydrogens is 283 g/mol. The summed E-state index contributed by atoms with van der Waals surface area (Å²) < 4.78 is 44.0. The van der Waals surface area contributed by atoms with E-state index in [9.17, 15) is 13.2 Å². The van der Waals surface area contributed by atoms with Crippen LogP contribution in [0.4, 0.5) is 18.9 Å². The van der Waals surface area contributed by atoms with Crippen LogP contribution in [0.3, 0.4) is 0 Å². The van der Waals surface area contributed by atoms with Gasteiger partial charge in [-0.05, 0) is 25.2 Å². The smallest absolute Gasteiger partial charge is 0.420 e. The Labute approximate surface area is 122 Å². The number of halogens is 3. The van der Waals surface area contributed by atoms with Crippen molar-refractivity contribution < 1.29 is 17.9 Å². The van der Waals surface area contributed by atoms with Crippen molar-refractivity contribution in [2.45, 2.75) is 6.18 Å². The fourth-order valence-electron chi connectivity index (χ4n) is 2.25. The topological polar surface area (TPSA) is 41.7 Å². The molecule has 118 valence electrons. The summed E-state index contributed by atoms with van der Waals surface area (Å²) in [5.41, 5.74) is 4.67. The van der Waals surface area contributed by atoms with Gasteiger partial charge in [0, 0.05) is 38.4 Å². The first-order valence-electron chi connectivity index (χ1n) is 6.86. The lowest BCUT2D eigenvalue weighted by Gasteiger charge is -2.32. The van der Waals surface area contributed by atoms with Crippen LogP contribution in [0.15, 0.2) is 18.2 Å². The number of hydrogen-bond acceptors (Lipinski definition) is 4. The van der Waals surface area contributed by atoms with Crippen molar-refractivity contribution in [1.29, 1.82) is 0 Å². The molecule has 2 N–H and O–H groups in total. The number of ether oxygens (including phenoxy) is 1. The Morgan fingerprint density at radius 1 is 1.19 bits per heavy atom. The second kappa shape index (κ2) is 6.53. The summed E-state index contributed by atoms with van der Waals surface area (Å²) >= 11 is 0. The van der Waals surface area contributed by atoms with Crippen LogP contribution in [0.25, 0.3) is 0 Å². The van der Waals surface area contributed by atoms with E-state index in [2.05, 4.69) is 16.8 Å².